The fourth-order valence-electron chi connectivity index (χ4n) is 3.77. The molecule has 3 aliphatic rings. The van der Waals surface area contributed by atoms with Crippen LogP contribution in [-0.2, 0) is 24.2 Å². The van der Waals surface area contributed by atoms with Crippen LogP contribution < -0.4 is 0 Å². The summed E-state index contributed by atoms with van der Waals surface area (Å²) in [6.07, 6.45) is 6.16. The average Bonchev–Trinajstić information content (AvgIpc) is 2.91. The third-order valence-electron chi connectivity index (χ3n) is 5.01. The Labute approximate surface area is 133 Å². The maximum atomic E-state index is 11.8. The lowest BCUT2D eigenvalue weighted by atomic mass is 10.00. The number of hydrogen-bond acceptors (Lipinski definition) is 5. The standard InChI is InChI=1S/C15H27NO5S/c1-22(17,18)16-7-4-15-14(16)3-2-13(21-15)11-20-10-12-5-8-19-9-6-12/h12-15H,2-11H2,1H3/t13-,14-,15-/m0/s1. The molecule has 3 saturated heterocycles. The van der Waals surface area contributed by atoms with Crippen molar-refractivity contribution in [3.05, 3.63) is 0 Å². The number of sulfonamides is 1. The van der Waals surface area contributed by atoms with E-state index in [4.69, 9.17) is 14.2 Å². The van der Waals surface area contributed by atoms with Gasteiger partial charge in [-0.2, -0.15) is 4.31 Å². The van der Waals surface area contributed by atoms with E-state index in [2.05, 4.69) is 0 Å². The SMILES string of the molecule is CS(=O)(=O)N1CC[C@@H]2O[C@H](COCC3CCOCC3)CC[C@@H]21. The van der Waals surface area contributed by atoms with Gasteiger partial charge < -0.3 is 14.2 Å². The third-order valence-corrected chi connectivity index (χ3v) is 6.31. The van der Waals surface area contributed by atoms with Crippen molar-refractivity contribution < 1.29 is 22.6 Å². The summed E-state index contributed by atoms with van der Waals surface area (Å²) in [6.45, 7) is 3.69. The van der Waals surface area contributed by atoms with Crippen molar-refractivity contribution in [1.82, 2.24) is 4.31 Å². The van der Waals surface area contributed by atoms with Crippen molar-refractivity contribution in [2.45, 2.75) is 50.4 Å². The van der Waals surface area contributed by atoms with E-state index < -0.39 is 10.0 Å². The van der Waals surface area contributed by atoms with Gasteiger partial charge in [0, 0.05) is 26.4 Å². The Morgan fingerprint density at radius 3 is 2.59 bits per heavy atom. The highest BCUT2D eigenvalue weighted by atomic mass is 32.2. The number of hydrogen-bond donors (Lipinski definition) is 0. The largest absolute Gasteiger partial charge is 0.381 e. The average molecular weight is 333 g/mol. The highest BCUT2D eigenvalue weighted by molar-refractivity contribution is 7.88. The lowest BCUT2D eigenvalue weighted by molar-refractivity contribution is -0.0997. The van der Waals surface area contributed by atoms with Gasteiger partial charge in [0.05, 0.1) is 31.1 Å². The molecule has 3 rings (SSSR count). The monoisotopic (exact) mass is 333 g/mol. The Balaban J connectivity index is 1.41. The van der Waals surface area contributed by atoms with Crippen molar-refractivity contribution in [1.29, 1.82) is 0 Å². The van der Waals surface area contributed by atoms with Gasteiger partial charge >= 0.3 is 0 Å². The lowest BCUT2D eigenvalue weighted by Crippen LogP contribution is -2.45. The van der Waals surface area contributed by atoms with E-state index in [0.717, 1.165) is 51.9 Å². The summed E-state index contributed by atoms with van der Waals surface area (Å²) in [5.41, 5.74) is 0. The fourth-order valence-corrected chi connectivity index (χ4v) is 4.94. The van der Waals surface area contributed by atoms with Gasteiger partial charge in [0.25, 0.3) is 0 Å². The van der Waals surface area contributed by atoms with Crippen LogP contribution >= 0.6 is 0 Å². The van der Waals surface area contributed by atoms with Gasteiger partial charge in [0.15, 0.2) is 0 Å². The normalized spacial score (nSPS) is 34.7. The van der Waals surface area contributed by atoms with Gasteiger partial charge in [-0.15, -0.1) is 0 Å². The molecular weight excluding hydrogens is 306 g/mol. The molecule has 0 spiro atoms. The van der Waals surface area contributed by atoms with E-state index in [9.17, 15) is 8.42 Å². The molecule has 3 heterocycles. The Kier molecular flexibility index (Phi) is 5.39. The minimum Gasteiger partial charge on any atom is -0.381 e. The summed E-state index contributed by atoms with van der Waals surface area (Å²) in [4.78, 5) is 0. The molecule has 7 heteroatoms. The lowest BCUT2D eigenvalue weighted by Gasteiger charge is -2.35. The van der Waals surface area contributed by atoms with E-state index in [1.165, 1.54) is 6.26 Å². The molecule has 0 aliphatic carbocycles. The minimum absolute atomic E-state index is 0.0294. The first-order chi connectivity index (χ1) is 10.5. The topological polar surface area (TPSA) is 65.1 Å². The van der Waals surface area contributed by atoms with Gasteiger partial charge in [-0.05, 0) is 38.0 Å². The quantitative estimate of drug-likeness (QED) is 0.751. The van der Waals surface area contributed by atoms with E-state index in [1.807, 2.05) is 0 Å². The van der Waals surface area contributed by atoms with Gasteiger partial charge in [-0.25, -0.2) is 8.42 Å². The molecule has 0 aromatic rings. The van der Waals surface area contributed by atoms with Crippen LogP contribution in [-0.4, -0.2) is 70.2 Å². The summed E-state index contributed by atoms with van der Waals surface area (Å²) in [7, 11) is -3.11. The molecule has 128 valence electrons. The van der Waals surface area contributed by atoms with Crippen LogP contribution in [0.4, 0.5) is 0 Å². The second-order valence-corrected chi connectivity index (χ2v) is 8.63. The maximum Gasteiger partial charge on any atom is 0.211 e. The molecule has 3 fully saturated rings. The van der Waals surface area contributed by atoms with Crippen LogP contribution in [0.5, 0.6) is 0 Å². The first kappa shape index (κ1) is 16.6. The second-order valence-electron chi connectivity index (χ2n) is 6.70. The summed E-state index contributed by atoms with van der Waals surface area (Å²) in [5, 5.41) is 0. The zero-order valence-corrected chi connectivity index (χ0v) is 14.1. The van der Waals surface area contributed by atoms with Crippen molar-refractivity contribution in [2.75, 3.05) is 39.2 Å². The molecule has 0 radical (unpaired) electrons. The first-order valence-corrected chi connectivity index (χ1v) is 10.2. The van der Waals surface area contributed by atoms with Crippen LogP contribution in [0.1, 0.15) is 32.1 Å². The molecule has 3 aliphatic heterocycles. The van der Waals surface area contributed by atoms with Gasteiger partial charge in [0.1, 0.15) is 0 Å². The number of nitrogens with zero attached hydrogens (tertiary/aromatic N) is 1. The number of ether oxygens (including phenoxy) is 3. The van der Waals surface area contributed by atoms with E-state index >= 15 is 0 Å². The van der Waals surface area contributed by atoms with Crippen LogP contribution in [0, 0.1) is 5.92 Å². The molecule has 0 bridgehead atoms. The zero-order chi connectivity index (χ0) is 15.6. The fraction of sp³-hybridized carbons (Fsp3) is 1.00. The zero-order valence-electron chi connectivity index (χ0n) is 13.3. The molecule has 0 saturated carbocycles. The van der Waals surface area contributed by atoms with Gasteiger partial charge in [-0.1, -0.05) is 0 Å². The molecule has 0 aromatic carbocycles. The third kappa shape index (κ3) is 4.00. The summed E-state index contributed by atoms with van der Waals surface area (Å²) in [6, 6.07) is 0.0294. The van der Waals surface area contributed by atoms with E-state index in [0.29, 0.717) is 19.1 Å². The van der Waals surface area contributed by atoms with Crippen molar-refractivity contribution >= 4 is 10.0 Å². The smallest absolute Gasteiger partial charge is 0.211 e. The highest BCUT2D eigenvalue weighted by Crippen LogP contribution is 2.33. The highest BCUT2D eigenvalue weighted by Gasteiger charge is 2.43. The first-order valence-electron chi connectivity index (χ1n) is 8.32. The van der Waals surface area contributed by atoms with Crippen LogP contribution in [0.3, 0.4) is 0 Å². The molecule has 6 nitrogen and oxygen atoms in total. The summed E-state index contributed by atoms with van der Waals surface area (Å²) in [5.74, 6) is 0.609. The maximum absolute atomic E-state index is 11.8. The number of rotatable bonds is 5. The molecule has 22 heavy (non-hydrogen) atoms. The predicted octanol–water partition coefficient (Wildman–Crippen LogP) is 1.01. The Morgan fingerprint density at radius 2 is 1.86 bits per heavy atom. The molecule has 0 amide bonds. The molecule has 0 N–H and O–H groups in total. The van der Waals surface area contributed by atoms with Crippen LogP contribution in [0.2, 0.25) is 0 Å². The minimum atomic E-state index is -3.11. The summed E-state index contributed by atoms with van der Waals surface area (Å²) < 4.78 is 42.4. The Bertz CT molecular complexity index is 463. The molecule has 0 unspecified atom stereocenters. The van der Waals surface area contributed by atoms with Crippen LogP contribution in [0.15, 0.2) is 0 Å². The van der Waals surface area contributed by atoms with Crippen molar-refractivity contribution in [2.24, 2.45) is 5.92 Å². The predicted molar refractivity (Wildman–Crippen MR) is 82.2 cm³/mol. The van der Waals surface area contributed by atoms with Crippen molar-refractivity contribution in [3.8, 4) is 0 Å². The second kappa shape index (κ2) is 7.13. The number of fused-ring (bicyclic) bond motifs is 1. The van der Waals surface area contributed by atoms with E-state index in [1.54, 1.807) is 4.31 Å². The Hall–Kier alpha value is -0.210. The van der Waals surface area contributed by atoms with Crippen LogP contribution in [0.25, 0.3) is 0 Å². The molecule has 0 aromatic heterocycles. The van der Waals surface area contributed by atoms with E-state index in [-0.39, 0.29) is 18.2 Å². The Morgan fingerprint density at radius 1 is 1.09 bits per heavy atom. The molecule has 3 atom stereocenters. The van der Waals surface area contributed by atoms with Crippen molar-refractivity contribution in [3.63, 3.8) is 0 Å². The summed E-state index contributed by atoms with van der Waals surface area (Å²) >= 11 is 0. The van der Waals surface area contributed by atoms with Gasteiger partial charge in [0.2, 0.25) is 10.0 Å². The molecular formula is C15H27NO5S. The van der Waals surface area contributed by atoms with Gasteiger partial charge in [-0.3, -0.25) is 0 Å².